The van der Waals surface area contributed by atoms with E-state index in [9.17, 15) is 22.8 Å². The van der Waals surface area contributed by atoms with E-state index in [1.807, 2.05) is 39.0 Å². The topological polar surface area (TPSA) is 94.3 Å². The van der Waals surface area contributed by atoms with Gasteiger partial charge < -0.3 is 15.8 Å². The van der Waals surface area contributed by atoms with Crippen molar-refractivity contribution in [1.82, 2.24) is 10.3 Å². The van der Waals surface area contributed by atoms with Crippen LogP contribution >= 0.6 is 0 Å². The van der Waals surface area contributed by atoms with Crippen molar-refractivity contribution in [3.8, 4) is 11.1 Å². The molecule has 0 saturated heterocycles. The Balaban J connectivity index is 1.41. The van der Waals surface area contributed by atoms with E-state index in [2.05, 4.69) is 5.32 Å². The van der Waals surface area contributed by atoms with Crippen LogP contribution in [0.3, 0.4) is 0 Å². The Kier molecular flexibility index (Phi) is 7.99. The minimum atomic E-state index is -0.919. The average Bonchev–Trinajstić information content (AvgIpc) is 3.50. The summed E-state index contributed by atoms with van der Waals surface area (Å²) in [6.07, 6.45) is 1.98. The fourth-order valence-electron chi connectivity index (χ4n) is 6.59. The summed E-state index contributed by atoms with van der Waals surface area (Å²) in [5, 5.41) is 3.10. The van der Waals surface area contributed by atoms with Crippen LogP contribution in [0.4, 0.5) is 13.2 Å². The van der Waals surface area contributed by atoms with Crippen LogP contribution in [-0.2, 0) is 36.1 Å². The number of aromatic nitrogens is 1. The van der Waals surface area contributed by atoms with Crippen molar-refractivity contribution in [2.24, 2.45) is 11.7 Å². The number of benzene rings is 3. The van der Waals surface area contributed by atoms with Crippen molar-refractivity contribution >= 4 is 11.8 Å². The van der Waals surface area contributed by atoms with Crippen LogP contribution in [-0.4, -0.2) is 16.8 Å². The summed E-state index contributed by atoms with van der Waals surface area (Å²) in [6.45, 7) is 6.06. The van der Waals surface area contributed by atoms with E-state index in [1.54, 1.807) is 12.1 Å². The maximum Gasteiger partial charge on any atom is 0.254 e. The zero-order valence-corrected chi connectivity index (χ0v) is 25.3. The first-order chi connectivity index (χ1) is 21.4. The molecule has 1 aliphatic carbocycles. The molecule has 1 aromatic heterocycles. The molecule has 3 aromatic carbocycles. The molecule has 0 bridgehead atoms. The van der Waals surface area contributed by atoms with Crippen LogP contribution in [0.5, 0.6) is 0 Å². The summed E-state index contributed by atoms with van der Waals surface area (Å²) in [5.41, 5.74) is 11.1. The van der Waals surface area contributed by atoms with Gasteiger partial charge in [0.2, 0.25) is 0 Å². The van der Waals surface area contributed by atoms with Gasteiger partial charge >= 0.3 is 0 Å². The third-order valence-corrected chi connectivity index (χ3v) is 8.62. The quantitative estimate of drug-likeness (QED) is 0.216. The van der Waals surface area contributed by atoms with Crippen LogP contribution in [0.15, 0.2) is 60.7 Å². The van der Waals surface area contributed by atoms with Gasteiger partial charge in [-0.05, 0) is 84.2 Å². The molecule has 4 aromatic rings. The van der Waals surface area contributed by atoms with Gasteiger partial charge in [0.05, 0.1) is 40.8 Å². The number of carbonyl (C=O) groups is 2. The molecule has 2 heterocycles. The molecule has 0 radical (unpaired) electrons. The van der Waals surface area contributed by atoms with Crippen molar-refractivity contribution in [2.45, 2.75) is 64.7 Å². The van der Waals surface area contributed by atoms with Gasteiger partial charge in [0.1, 0.15) is 5.82 Å². The summed E-state index contributed by atoms with van der Waals surface area (Å²) in [6, 6.07) is 15.6. The standard InChI is InChI=1S/C36H34F3N3O3/c1-19(2)14-28-31(34(40)43)30(32-33(41-28)36(3,42-35(32)44)17-20-4-9-24(37)10-5-20)23-7-11-25-22(16-23)8-13-29(25)45-18-21-6-12-26(38)27(39)15-21/h4-7,9-12,15-16,19,29H,8,13-14,17-18H2,1-3H3,(H2,40,43)(H,42,44)/t29-,36+/m1/s1. The number of nitrogens with one attached hydrogen (secondary N) is 1. The van der Waals surface area contributed by atoms with E-state index in [1.165, 1.54) is 18.2 Å². The molecule has 3 N–H and O–H groups in total. The second-order valence-corrected chi connectivity index (χ2v) is 12.6. The largest absolute Gasteiger partial charge is 0.369 e. The first-order valence-corrected chi connectivity index (χ1v) is 15.1. The van der Waals surface area contributed by atoms with Gasteiger partial charge in [-0.25, -0.2) is 13.2 Å². The molecule has 0 fully saturated rings. The zero-order valence-electron chi connectivity index (χ0n) is 25.3. The molecule has 6 nitrogen and oxygen atoms in total. The number of carbonyl (C=O) groups excluding carboxylic acids is 2. The summed E-state index contributed by atoms with van der Waals surface area (Å²) in [4.78, 5) is 31.8. The van der Waals surface area contributed by atoms with E-state index in [0.29, 0.717) is 59.3 Å². The molecule has 0 saturated carbocycles. The number of ether oxygens (including phenoxy) is 1. The lowest BCUT2D eigenvalue weighted by molar-refractivity contribution is 0.0409. The molecular weight excluding hydrogens is 579 g/mol. The maximum absolute atomic E-state index is 13.7. The minimum absolute atomic E-state index is 0.123. The highest BCUT2D eigenvalue weighted by Crippen LogP contribution is 2.43. The second-order valence-electron chi connectivity index (χ2n) is 12.6. The smallest absolute Gasteiger partial charge is 0.254 e. The van der Waals surface area contributed by atoms with E-state index < -0.39 is 23.1 Å². The Hall–Kier alpha value is -4.50. The first kappa shape index (κ1) is 30.5. The third kappa shape index (κ3) is 5.84. The fraction of sp³-hybridized carbons (Fsp3) is 0.306. The Morgan fingerprint density at radius 3 is 2.44 bits per heavy atom. The van der Waals surface area contributed by atoms with Crippen molar-refractivity contribution in [2.75, 3.05) is 0 Å². The molecule has 0 spiro atoms. The van der Waals surface area contributed by atoms with E-state index in [4.69, 9.17) is 15.5 Å². The number of nitrogens with zero attached hydrogens (tertiary/aromatic N) is 1. The Bertz CT molecular complexity index is 1820. The van der Waals surface area contributed by atoms with Gasteiger partial charge in [-0.1, -0.05) is 50.2 Å². The molecule has 9 heteroatoms. The molecule has 0 unspecified atom stereocenters. The van der Waals surface area contributed by atoms with Gasteiger partial charge in [0.15, 0.2) is 11.6 Å². The van der Waals surface area contributed by atoms with Crippen molar-refractivity contribution in [1.29, 1.82) is 0 Å². The number of rotatable bonds is 9. The Morgan fingerprint density at radius 2 is 1.76 bits per heavy atom. The summed E-state index contributed by atoms with van der Waals surface area (Å²) < 4.78 is 46.8. The molecule has 45 heavy (non-hydrogen) atoms. The van der Waals surface area contributed by atoms with Crippen LogP contribution < -0.4 is 11.1 Å². The first-order valence-electron chi connectivity index (χ1n) is 15.1. The molecule has 2 atom stereocenters. The fourth-order valence-corrected chi connectivity index (χ4v) is 6.59. The molecule has 2 aliphatic rings. The normalized spacial score (nSPS) is 18.6. The monoisotopic (exact) mass is 613 g/mol. The second kappa shape index (κ2) is 11.8. The van der Waals surface area contributed by atoms with E-state index >= 15 is 0 Å². The number of primary amides is 1. The number of amides is 2. The maximum atomic E-state index is 13.7. The number of pyridine rings is 1. The van der Waals surface area contributed by atoms with Crippen molar-refractivity contribution in [3.63, 3.8) is 0 Å². The SMILES string of the molecule is CC(C)Cc1nc2c(c(-c3ccc4c(c3)CC[C@H]4OCc3ccc(F)c(F)c3)c1C(N)=O)C(=O)N[C@@]2(C)Cc1ccc(F)cc1. The summed E-state index contributed by atoms with van der Waals surface area (Å²) >= 11 is 0. The lowest BCUT2D eigenvalue weighted by Crippen LogP contribution is -2.39. The molecule has 1 aliphatic heterocycles. The average molecular weight is 614 g/mol. The van der Waals surface area contributed by atoms with Crippen LogP contribution in [0.1, 0.15) is 87.7 Å². The van der Waals surface area contributed by atoms with E-state index in [0.717, 1.165) is 28.8 Å². The lowest BCUT2D eigenvalue weighted by Gasteiger charge is -2.26. The Morgan fingerprint density at radius 1 is 1.02 bits per heavy atom. The number of nitrogens with two attached hydrogens (primary N) is 1. The number of aryl methyl sites for hydroxylation is 1. The predicted molar refractivity (Wildman–Crippen MR) is 164 cm³/mol. The van der Waals surface area contributed by atoms with Gasteiger partial charge in [-0.3, -0.25) is 14.6 Å². The van der Waals surface area contributed by atoms with Gasteiger partial charge in [0, 0.05) is 12.0 Å². The number of halogens is 3. The van der Waals surface area contributed by atoms with Gasteiger partial charge in [0.25, 0.3) is 11.8 Å². The third-order valence-electron chi connectivity index (χ3n) is 8.62. The van der Waals surface area contributed by atoms with Gasteiger partial charge in [-0.2, -0.15) is 0 Å². The molecule has 6 rings (SSSR count). The highest BCUT2D eigenvalue weighted by Gasteiger charge is 2.44. The summed E-state index contributed by atoms with van der Waals surface area (Å²) in [5.74, 6) is -3.04. The highest BCUT2D eigenvalue weighted by molar-refractivity contribution is 6.12. The van der Waals surface area contributed by atoms with Crippen LogP contribution in [0.25, 0.3) is 11.1 Å². The summed E-state index contributed by atoms with van der Waals surface area (Å²) in [7, 11) is 0. The number of hydrogen-bond acceptors (Lipinski definition) is 4. The minimum Gasteiger partial charge on any atom is -0.369 e. The van der Waals surface area contributed by atoms with Crippen molar-refractivity contribution < 1.29 is 27.5 Å². The van der Waals surface area contributed by atoms with E-state index in [-0.39, 0.29) is 35.9 Å². The lowest BCUT2D eigenvalue weighted by atomic mass is 9.84. The molecule has 232 valence electrons. The number of fused-ring (bicyclic) bond motifs is 2. The van der Waals surface area contributed by atoms with Crippen LogP contribution in [0, 0.1) is 23.4 Å². The predicted octanol–water partition coefficient (Wildman–Crippen LogP) is 6.87. The molecular formula is C36H34F3N3O3. The number of hydrogen-bond donors (Lipinski definition) is 2. The van der Waals surface area contributed by atoms with Crippen molar-refractivity contribution in [3.05, 3.63) is 123 Å². The zero-order chi connectivity index (χ0) is 32.0. The van der Waals surface area contributed by atoms with Gasteiger partial charge in [-0.15, -0.1) is 0 Å². The highest BCUT2D eigenvalue weighted by atomic mass is 19.2. The van der Waals surface area contributed by atoms with Crippen LogP contribution in [0.2, 0.25) is 0 Å². The Labute approximate surface area is 259 Å². The molecule has 2 amide bonds.